The van der Waals surface area contributed by atoms with Gasteiger partial charge in [0.1, 0.15) is 0 Å². The lowest BCUT2D eigenvalue weighted by atomic mass is 9.73. The van der Waals surface area contributed by atoms with Gasteiger partial charge in [-0.3, -0.25) is 0 Å². The second-order valence-corrected chi connectivity index (χ2v) is 7.40. The second-order valence-electron chi connectivity index (χ2n) is 7.40. The predicted molar refractivity (Wildman–Crippen MR) is 81.9 cm³/mol. The monoisotopic (exact) mass is 258 g/mol. The molecule has 2 aliphatic heterocycles. The van der Waals surface area contributed by atoms with Crippen molar-refractivity contribution in [2.24, 2.45) is 5.41 Å². The summed E-state index contributed by atoms with van der Waals surface area (Å²) < 4.78 is 0. The first-order valence-corrected chi connectivity index (χ1v) is 7.55. The van der Waals surface area contributed by atoms with Crippen molar-refractivity contribution >= 4 is 5.69 Å². The molecule has 1 N–H and O–H groups in total. The minimum atomic E-state index is 0.226. The van der Waals surface area contributed by atoms with E-state index in [0.29, 0.717) is 5.41 Å². The molecule has 0 radical (unpaired) electrons. The number of anilines is 1. The summed E-state index contributed by atoms with van der Waals surface area (Å²) in [6.07, 6.45) is 2.74. The fraction of sp³-hybridized carbons (Fsp3) is 0.647. The third kappa shape index (κ3) is 2.38. The van der Waals surface area contributed by atoms with Gasteiger partial charge in [-0.05, 0) is 36.4 Å². The molecular formula is C17H26N2. The van der Waals surface area contributed by atoms with E-state index >= 15 is 0 Å². The lowest BCUT2D eigenvalue weighted by Crippen LogP contribution is -2.62. The van der Waals surface area contributed by atoms with E-state index in [4.69, 9.17) is 0 Å². The topological polar surface area (TPSA) is 15.3 Å². The van der Waals surface area contributed by atoms with Gasteiger partial charge in [-0.1, -0.05) is 39.0 Å². The third-order valence-electron chi connectivity index (χ3n) is 4.67. The molecule has 19 heavy (non-hydrogen) atoms. The molecule has 2 aliphatic rings. The van der Waals surface area contributed by atoms with Gasteiger partial charge < -0.3 is 10.2 Å². The highest BCUT2D eigenvalue weighted by molar-refractivity contribution is 5.58. The number of hydrogen-bond donors (Lipinski definition) is 1. The van der Waals surface area contributed by atoms with Crippen LogP contribution in [0.15, 0.2) is 24.3 Å². The molecule has 3 rings (SSSR count). The quantitative estimate of drug-likeness (QED) is 0.832. The molecule has 0 aliphatic carbocycles. The van der Waals surface area contributed by atoms with Gasteiger partial charge in [-0.25, -0.2) is 0 Å². The molecule has 0 amide bonds. The van der Waals surface area contributed by atoms with Crippen molar-refractivity contribution in [1.29, 1.82) is 0 Å². The van der Waals surface area contributed by atoms with E-state index in [-0.39, 0.29) is 5.41 Å². The van der Waals surface area contributed by atoms with Crippen molar-refractivity contribution in [2.45, 2.75) is 39.0 Å². The standard InChI is InChI=1S/C17H26N2/c1-16(2,3)14-7-4-5-8-15(14)19-12-17(13-19)9-6-10-18-11-17/h4-5,7-8,18H,6,9-13H2,1-3H3. The molecule has 1 aromatic carbocycles. The number of piperidine rings is 1. The smallest absolute Gasteiger partial charge is 0.0404 e. The Morgan fingerprint density at radius 3 is 2.53 bits per heavy atom. The molecule has 0 bridgehead atoms. The van der Waals surface area contributed by atoms with Gasteiger partial charge >= 0.3 is 0 Å². The van der Waals surface area contributed by atoms with E-state index in [1.165, 1.54) is 50.3 Å². The Hall–Kier alpha value is -1.02. The number of benzene rings is 1. The van der Waals surface area contributed by atoms with Crippen LogP contribution in [0.25, 0.3) is 0 Å². The zero-order chi connectivity index (χ0) is 13.5. The highest BCUT2D eigenvalue weighted by Gasteiger charge is 2.44. The summed E-state index contributed by atoms with van der Waals surface area (Å²) in [4.78, 5) is 2.58. The van der Waals surface area contributed by atoms with Gasteiger partial charge in [0, 0.05) is 30.7 Å². The lowest BCUT2D eigenvalue weighted by Gasteiger charge is -2.54. The summed E-state index contributed by atoms with van der Waals surface area (Å²) in [5, 5.41) is 3.57. The Morgan fingerprint density at radius 1 is 1.16 bits per heavy atom. The molecule has 2 fully saturated rings. The average molecular weight is 258 g/mol. The van der Waals surface area contributed by atoms with Crippen molar-refractivity contribution in [3.8, 4) is 0 Å². The van der Waals surface area contributed by atoms with Crippen LogP contribution in [0.2, 0.25) is 0 Å². The van der Waals surface area contributed by atoms with Crippen LogP contribution in [0.1, 0.15) is 39.2 Å². The molecule has 0 saturated carbocycles. The lowest BCUT2D eigenvalue weighted by molar-refractivity contribution is 0.156. The van der Waals surface area contributed by atoms with Gasteiger partial charge in [-0.2, -0.15) is 0 Å². The van der Waals surface area contributed by atoms with Gasteiger partial charge in [0.25, 0.3) is 0 Å². The Balaban J connectivity index is 1.78. The number of rotatable bonds is 1. The number of nitrogens with zero attached hydrogens (tertiary/aromatic N) is 1. The fourth-order valence-electron chi connectivity index (χ4n) is 3.62. The molecule has 1 spiro atoms. The second kappa shape index (κ2) is 4.52. The largest absolute Gasteiger partial charge is 0.370 e. The molecular weight excluding hydrogens is 232 g/mol. The molecule has 2 nitrogen and oxygen atoms in total. The maximum Gasteiger partial charge on any atom is 0.0404 e. The van der Waals surface area contributed by atoms with Crippen molar-refractivity contribution in [3.63, 3.8) is 0 Å². The molecule has 0 aromatic heterocycles. The summed E-state index contributed by atoms with van der Waals surface area (Å²) in [7, 11) is 0. The van der Waals surface area contributed by atoms with Crippen LogP contribution in [0.4, 0.5) is 5.69 Å². The van der Waals surface area contributed by atoms with Gasteiger partial charge in [0.15, 0.2) is 0 Å². The first-order chi connectivity index (χ1) is 9.00. The highest BCUT2D eigenvalue weighted by Crippen LogP contribution is 2.42. The molecule has 0 unspecified atom stereocenters. The molecule has 2 heterocycles. The molecule has 2 heteroatoms. The first-order valence-electron chi connectivity index (χ1n) is 7.55. The minimum absolute atomic E-state index is 0.226. The maximum atomic E-state index is 3.57. The summed E-state index contributed by atoms with van der Waals surface area (Å²) >= 11 is 0. The third-order valence-corrected chi connectivity index (χ3v) is 4.67. The maximum absolute atomic E-state index is 3.57. The van der Waals surface area contributed by atoms with E-state index in [2.05, 4.69) is 55.3 Å². The van der Waals surface area contributed by atoms with Crippen molar-refractivity contribution in [1.82, 2.24) is 5.32 Å². The molecule has 2 saturated heterocycles. The highest BCUT2D eigenvalue weighted by atomic mass is 15.2. The van der Waals surface area contributed by atoms with E-state index in [0.717, 1.165) is 0 Å². The summed E-state index contributed by atoms with van der Waals surface area (Å²) in [6.45, 7) is 11.8. The van der Waals surface area contributed by atoms with E-state index in [9.17, 15) is 0 Å². The fourth-order valence-corrected chi connectivity index (χ4v) is 3.62. The number of nitrogens with one attached hydrogen (secondary N) is 1. The molecule has 0 atom stereocenters. The van der Waals surface area contributed by atoms with E-state index < -0.39 is 0 Å². The first kappa shape index (κ1) is 13.0. The van der Waals surface area contributed by atoms with E-state index in [1.54, 1.807) is 0 Å². The van der Waals surface area contributed by atoms with E-state index in [1.807, 2.05) is 0 Å². The van der Waals surface area contributed by atoms with Crippen LogP contribution < -0.4 is 10.2 Å². The van der Waals surface area contributed by atoms with Crippen LogP contribution in [0, 0.1) is 5.41 Å². The molecule has 104 valence electrons. The van der Waals surface area contributed by atoms with Crippen LogP contribution in [-0.2, 0) is 5.41 Å². The molecule has 1 aromatic rings. The zero-order valence-electron chi connectivity index (χ0n) is 12.5. The number of para-hydroxylation sites is 1. The van der Waals surface area contributed by atoms with Crippen LogP contribution in [0.5, 0.6) is 0 Å². The Kier molecular flexibility index (Phi) is 3.09. The summed E-state index contributed by atoms with van der Waals surface area (Å²) in [5.41, 5.74) is 3.72. The minimum Gasteiger partial charge on any atom is -0.370 e. The normalized spacial score (nSPS) is 22.4. The predicted octanol–water partition coefficient (Wildman–Crippen LogP) is 3.17. The van der Waals surface area contributed by atoms with Crippen LogP contribution >= 0.6 is 0 Å². The van der Waals surface area contributed by atoms with Crippen LogP contribution in [-0.4, -0.2) is 26.2 Å². The van der Waals surface area contributed by atoms with Crippen molar-refractivity contribution in [2.75, 3.05) is 31.1 Å². The van der Waals surface area contributed by atoms with Crippen molar-refractivity contribution < 1.29 is 0 Å². The van der Waals surface area contributed by atoms with Crippen molar-refractivity contribution in [3.05, 3.63) is 29.8 Å². The van der Waals surface area contributed by atoms with Gasteiger partial charge in [-0.15, -0.1) is 0 Å². The SMILES string of the molecule is CC(C)(C)c1ccccc1N1CC2(CCCNC2)C1. The van der Waals surface area contributed by atoms with Gasteiger partial charge in [0.2, 0.25) is 0 Å². The summed E-state index contributed by atoms with van der Waals surface area (Å²) in [5.74, 6) is 0. The Morgan fingerprint density at radius 2 is 1.89 bits per heavy atom. The summed E-state index contributed by atoms with van der Waals surface area (Å²) in [6, 6.07) is 8.93. The average Bonchev–Trinajstić information content (AvgIpc) is 2.36. The number of hydrogen-bond acceptors (Lipinski definition) is 2. The van der Waals surface area contributed by atoms with Gasteiger partial charge in [0.05, 0.1) is 0 Å². The van der Waals surface area contributed by atoms with Crippen LogP contribution in [0.3, 0.4) is 0 Å². The Labute approximate surface area is 117 Å². The Bertz CT molecular complexity index is 445. The zero-order valence-corrected chi connectivity index (χ0v) is 12.5.